The third-order valence-electron chi connectivity index (χ3n) is 9.64. The molecule has 6 aromatic rings. The molecule has 1 aliphatic rings. The van der Waals surface area contributed by atoms with Gasteiger partial charge in [0.1, 0.15) is 12.2 Å². The molecule has 0 bridgehead atoms. The van der Waals surface area contributed by atoms with Crippen molar-refractivity contribution in [1.29, 1.82) is 0 Å². The van der Waals surface area contributed by atoms with Crippen LogP contribution in [0.5, 0.6) is 0 Å². The number of rotatable bonds is 9. The van der Waals surface area contributed by atoms with Crippen LogP contribution in [0.15, 0.2) is 78.2 Å². The van der Waals surface area contributed by atoms with E-state index in [1.807, 2.05) is 31.5 Å². The largest absolute Gasteiger partial charge is 0.340 e. The molecule has 0 spiro atoms. The number of para-hydroxylation sites is 1. The first-order valence-electron chi connectivity index (χ1n) is 16.9. The lowest BCUT2D eigenvalue weighted by molar-refractivity contribution is -0.106. The molecule has 7 rings (SSSR count). The number of amides is 2. The van der Waals surface area contributed by atoms with Crippen LogP contribution in [0.4, 0.5) is 0 Å². The highest BCUT2D eigenvalue weighted by molar-refractivity contribution is 6.07. The second-order valence-corrected chi connectivity index (χ2v) is 12.9. The molecule has 0 radical (unpaired) electrons. The molecule has 1 unspecified atom stereocenters. The first kappa shape index (κ1) is 32.7. The summed E-state index contributed by atoms with van der Waals surface area (Å²) in [5.41, 5.74) is 7.71. The molecule has 2 N–H and O–H groups in total. The van der Waals surface area contributed by atoms with Gasteiger partial charge in [-0.1, -0.05) is 81.5 Å². The van der Waals surface area contributed by atoms with E-state index in [1.165, 1.54) is 54.0 Å². The maximum absolute atomic E-state index is 14.1. The highest BCUT2D eigenvalue weighted by atomic mass is 16.3. The van der Waals surface area contributed by atoms with Crippen LogP contribution in [0.1, 0.15) is 105 Å². The van der Waals surface area contributed by atoms with Crippen molar-refractivity contribution in [2.75, 3.05) is 0 Å². The second-order valence-electron chi connectivity index (χ2n) is 12.9. The topological polar surface area (TPSA) is 122 Å². The van der Waals surface area contributed by atoms with Crippen LogP contribution in [-0.4, -0.2) is 31.7 Å². The van der Waals surface area contributed by atoms with Crippen LogP contribution in [0.2, 0.25) is 0 Å². The summed E-state index contributed by atoms with van der Waals surface area (Å²) in [5.74, 6) is 1.21. The SMILES string of the molecule is C/C=C/c1ccc2nc(C(C)(CCCC)NC(=O)c3ccc4c(C5CCCCC5)c5c6ccccc6ncn5c4c3)[nH]c2c1.O=CN=O. The van der Waals surface area contributed by atoms with Gasteiger partial charge in [0.2, 0.25) is 0 Å². The molecule has 2 amide bonds. The van der Waals surface area contributed by atoms with E-state index in [4.69, 9.17) is 19.7 Å². The van der Waals surface area contributed by atoms with Crippen molar-refractivity contribution in [1.82, 2.24) is 24.7 Å². The molecule has 48 heavy (non-hydrogen) atoms. The van der Waals surface area contributed by atoms with Crippen LogP contribution in [0.3, 0.4) is 0 Å². The lowest BCUT2D eigenvalue weighted by atomic mass is 9.82. The van der Waals surface area contributed by atoms with Crippen molar-refractivity contribution >= 4 is 56.7 Å². The minimum absolute atomic E-state index is 0.0556. The fourth-order valence-electron chi connectivity index (χ4n) is 7.26. The monoisotopic (exact) mass is 642 g/mol. The van der Waals surface area contributed by atoms with Gasteiger partial charge in [0.15, 0.2) is 0 Å². The Hall–Kier alpha value is -5.18. The lowest BCUT2D eigenvalue weighted by Gasteiger charge is -2.29. The Morgan fingerprint density at radius 3 is 2.60 bits per heavy atom. The number of fused-ring (bicyclic) bond motifs is 6. The number of aromatic nitrogens is 4. The average molecular weight is 643 g/mol. The van der Waals surface area contributed by atoms with E-state index in [2.05, 4.69) is 83.2 Å². The smallest absolute Gasteiger partial charge is 0.274 e. The average Bonchev–Trinajstić information content (AvgIpc) is 3.71. The van der Waals surface area contributed by atoms with Gasteiger partial charge in [0, 0.05) is 21.5 Å². The first-order valence-corrected chi connectivity index (χ1v) is 16.9. The van der Waals surface area contributed by atoms with Crippen molar-refractivity contribution in [2.45, 2.75) is 83.6 Å². The van der Waals surface area contributed by atoms with Crippen LogP contribution >= 0.6 is 0 Å². The summed E-state index contributed by atoms with van der Waals surface area (Å²) < 4.78 is 2.22. The number of nitrogens with zero attached hydrogens (tertiary/aromatic N) is 4. The van der Waals surface area contributed by atoms with E-state index in [-0.39, 0.29) is 12.3 Å². The van der Waals surface area contributed by atoms with E-state index in [0.717, 1.165) is 52.7 Å². The molecular formula is C39H42N6O3. The molecule has 3 aromatic carbocycles. The fourth-order valence-corrected chi connectivity index (χ4v) is 7.26. The summed E-state index contributed by atoms with van der Waals surface area (Å²) in [6, 6.07) is 20.9. The number of hydrogen-bond acceptors (Lipinski definition) is 5. The van der Waals surface area contributed by atoms with Crippen molar-refractivity contribution in [3.63, 3.8) is 0 Å². The zero-order valence-electron chi connectivity index (χ0n) is 27.8. The van der Waals surface area contributed by atoms with E-state index < -0.39 is 5.54 Å². The Balaban J connectivity index is 0.000000952. The highest BCUT2D eigenvalue weighted by Crippen LogP contribution is 2.42. The Kier molecular flexibility index (Phi) is 9.75. The minimum Gasteiger partial charge on any atom is -0.340 e. The maximum atomic E-state index is 14.1. The minimum atomic E-state index is -0.645. The van der Waals surface area contributed by atoms with Gasteiger partial charge in [-0.3, -0.25) is 14.0 Å². The normalized spacial score (nSPS) is 15.1. The van der Waals surface area contributed by atoms with E-state index in [9.17, 15) is 4.79 Å². The zero-order valence-corrected chi connectivity index (χ0v) is 27.8. The van der Waals surface area contributed by atoms with E-state index in [0.29, 0.717) is 11.5 Å². The Labute approximate surface area is 279 Å². The fraction of sp³-hybridized carbons (Fsp3) is 0.333. The molecule has 1 fully saturated rings. The number of hydrogen-bond donors (Lipinski definition) is 2. The number of allylic oxidation sites excluding steroid dienone is 1. The standard InChI is InChI=1S/C38H41N5O.CHNO2/c1-4-6-21-38(3,37-40-31-20-17-25(12-5-2)22-32(31)41-37)42-36(44)27-18-19-29-33(23-27)43-24-39-30-16-11-10-15-28(30)35(43)34(29)26-13-8-7-9-14-26;3-1-2-4/h5,10-12,15-20,22-24,26H,4,6-9,13-14,21H2,1-3H3,(H,40,41)(H,42,44);1H/b12-5+;. The molecule has 9 heteroatoms. The van der Waals surface area contributed by atoms with E-state index >= 15 is 0 Å². The lowest BCUT2D eigenvalue weighted by Crippen LogP contribution is -2.44. The Bertz CT molecular complexity index is 2130. The van der Waals surface area contributed by atoms with Gasteiger partial charge in [-0.2, -0.15) is 0 Å². The third kappa shape index (κ3) is 6.37. The molecule has 1 aliphatic carbocycles. The number of imidazole rings is 1. The van der Waals surface area contributed by atoms with Gasteiger partial charge >= 0.3 is 0 Å². The van der Waals surface area contributed by atoms with Crippen molar-refractivity contribution < 1.29 is 9.59 Å². The van der Waals surface area contributed by atoms with Gasteiger partial charge in [-0.25, -0.2) is 9.97 Å². The van der Waals surface area contributed by atoms with E-state index in [1.54, 1.807) is 5.18 Å². The maximum Gasteiger partial charge on any atom is 0.274 e. The van der Waals surface area contributed by atoms with Gasteiger partial charge in [0.05, 0.1) is 33.1 Å². The van der Waals surface area contributed by atoms with Gasteiger partial charge in [-0.15, -0.1) is 4.91 Å². The van der Waals surface area contributed by atoms with Crippen molar-refractivity contribution in [3.8, 4) is 0 Å². The van der Waals surface area contributed by atoms with Crippen LogP contribution in [0.25, 0.3) is 44.4 Å². The van der Waals surface area contributed by atoms with Gasteiger partial charge in [-0.05, 0) is 80.5 Å². The quantitative estimate of drug-likeness (QED) is 0.120. The number of carbonyl (C=O) groups is 2. The Morgan fingerprint density at radius 1 is 1.06 bits per heavy atom. The van der Waals surface area contributed by atoms with Gasteiger partial charge < -0.3 is 10.3 Å². The summed E-state index contributed by atoms with van der Waals surface area (Å²) in [6.45, 7) is 6.29. The first-order chi connectivity index (χ1) is 23.4. The number of nitroso groups, excluding NO2 is 1. The number of unbranched alkanes of at least 4 members (excludes halogenated alkanes) is 1. The molecule has 0 aliphatic heterocycles. The molecule has 0 saturated heterocycles. The molecule has 3 aromatic heterocycles. The summed E-state index contributed by atoms with van der Waals surface area (Å²) in [6.07, 6.45) is 15.0. The van der Waals surface area contributed by atoms with Gasteiger partial charge in [0.25, 0.3) is 12.3 Å². The predicted molar refractivity (Wildman–Crippen MR) is 193 cm³/mol. The number of aromatic amines is 1. The van der Waals surface area contributed by atoms with Crippen LogP contribution in [-0.2, 0) is 10.3 Å². The number of benzene rings is 3. The zero-order chi connectivity index (χ0) is 33.7. The van der Waals surface area contributed by atoms with Crippen LogP contribution < -0.4 is 5.32 Å². The molecule has 9 nitrogen and oxygen atoms in total. The summed E-state index contributed by atoms with van der Waals surface area (Å²) >= 11 is 0. The summed E-state index contributed by atoms with van der Waals surface area (Å²) in [7, 11) is 0. The second kappa shape index (κ2) is 14.3. The predicted octanol–water partition coefficient (Wildman–Crippen LogP) is 9.34. The number of nitrogens with one attached hydrogen (secondary N) is 2. The molecule has 3 heterocycles. The number of H-pyrrole nitrogens is 1. The van der Waals surface area contributed by atoms with Crippen LogP contribution in [0, 0.1) is 4.91 Å². The highest BCUT2D eigenvalue weighted by Gasteiger charge is 2.32. The molecule has 246 valence electrons. The molecular weight excluding hydrogens is 600 g/mol. The summed E-state index contributed by atoms with van der Waals surface area (Å²) in [4.78, 5) is 44.6. The third-order valence-corrected chi connectivity index (χ3v) is 9.64. The Morgan fingerprint density at radius 2 is 1.85 bits per heavy atom. The van der Waals surface area contributed by atoms with Crippen molar-refractivity contribution in [2.24, 2.45) is 5.18 Å². The molecule has 1 saturated carbocycles. The molecule has 1 atom stereocenters. The van der Waals surface area contributed by atoms with Crippen molar-refractivity contribution in [3.05, 3.63) is 100 Å². The summed E-state index contributed by atoms with van der Waals surface area (Å²) in [5, 5.41) is 7.61. The number of carbonyl (C=O) groups excluding carboxylic acids is 2.